The molecule has 0 radical (unpaired) electrons. The molecule has 0 unspecified atom stereocenters. The fraction of sp³-hybridized carbons (Fsp3) is 0.263. The fourth-order valence-corrected chi connectivity index (χ4v) is 3.21. The van der Waals surface area contributed by atoms with Crippen LogP contribution >= 0.6 is 0 Å². The Bertz CT molecular complexity index is 737. The highest BCUT2D eigenvalue weighted by atomic mass is 16.2. The van der Waals surface area contributed by atoms with E-state index in [2.05, 4.69) is 17.2 Å². The zero-order valence-corrected chi connectivity index (χ0v) is 13.4. The molecule has 2 amide bonds. The highest BCUT2D eigenvalue weighted by molar-refractivity contribution is 5.96. The summed E-state index contributed by atoms with van der Waals surface area (Å²) in [4.78, 5) is 24.3. The second kappa shape index (κ2) is 7.17. The predicted octanol–water partition coefficient (Wildman–Crippen LogP) is 2.89. The average molecular weight is 323 g/mol. The third-order valence-corrected chi connectivity index (χ3v) is 4.41. The molecule has 1 aliphatic carbocycles. The van der Waals surface area contributed by atoms with E-state index >= 15 is 0 Å². The third-order valence-electron chi connectivity index (χ3n) is 4.41. The van der Waals surface area contributed by atoms with Gasteiger partial charge in [-0.05, 0) is 43.2 Å². The van der Waals surface area contributed by atoms with Crippen LogP contribution in [0.25, 0.3) is 5.69 Å². The van der Waals surface area contributed by atoms with Gasteiger partial charge < -0.3 is 15.2 Å². The molecule has 5 heteroatoms. The van der Waals surface area contributed by atoms with Crippen LogP contribution in [0, 0.1) is 5.92 Å². The maximum absolute atomic E-state index is 12.7. The average Bonchev–Trinajstić information content (AvgIpc) is 3.26. The summed E-state index contributed by atoms with van der Waals surface area (Å²) in [6, 6.07) is 11.4. The number of amides is 2. The van der Waals surface area contributed by atoms with Crippen molar-refractivity contribution in [2.24, 2.45) is 5.92 Å². The molecule has 1 aromatic carbocycles. The van der Waals surface area contributed by atoms with Crippen LogP contribution in [0.15, 0.2) is 61.4 Å². The number of rotatable bonds is 5. The molecule has 1 aliphatic rings. The standard InChI is InChI=1S/C19H21N3O2/c1-2-18(23)20-15-10-7-8-14(15)19(24)21-16-9-3-4-11-17(16)22-12-5-6-13-22/h2-6,9,11-15H,1,7-8,10H2,(H,20,23)(H,21,24)/t14-,15-/m1/s1. The first-order chi connectivity index (χ1) is 11.7. The van der Waals surface area contributed by atoms with Gasteiger partial charge >= 0.3 is 0 Å². The highest BCUT2D eigenvalue weighted by Crippen LogP contribution is 2.28. The minimum Gasteiger partial charge on any atom is -0.349 e. The highest BCUT2D eigenvalue weighted by Gasteiger charge is 2.33. The number of para-hydroxylation sites is 2. The minimum atomic E-state index is -0.229. The van der Waals surface area contributed by atoms with Crippen LogP contribution in [0.4, 0.5) is 5.69 Å². The smallest absolute Gasteiger partial charge is 0.243 e. The maximum atomic E-state index is 12.7. The minimum absolute atomic E-state index is 0.0542. The van der Waals surface area contributed by atoms with E-state index in [1.165, 1.54) is 6.08 Å². The predicted molar refractivity (Wildman–Crippen MR) is 93.9 cm³/mol. The van der Waals surface area contributed by atoms with Crippen LogP contribution in [-0.4, -0.2) is 22.4 Å². The summed E-state index contributed by atoms with van der Waals surface area (Å²) in [5.74, 6) is -0.500. The molecule has 2 N–H and O–H groups in total. The number of anilines is 1. The summed E-state index contributed by atoms with van der Waals surface area (Å²) in [5.41, 5.74) is 1.68. The van der Waals surface area contributed by atoms with Crippen molar-refractivity contribution in [3.8, 4) is 5.69 Å². The van der Waals surface area contributed by atoms with E-state index < -0.39 is 0 Å². The Morgan fingerprint density at radius 2 is 1.88 bits per heavy atom. The Morgan fingerprint density at radius 3 is 2.62 bits per heavy atom. The lowest BCUT2D eigenvalue weighted by molar-refractivity contribution is -0.121. The van der Waals surface area contributed by atoms with Crippen molar-refractivity contribution in [3.63, 3.8) is 0 Å². The molecule has 1 fully saturated rings. The Kier molecular flexibility index (Phi) is 4.79. The summed E-state index contributed by atoms with van der Waals surface area (Å²) in [6.45, 7) is 3.47. The van der Waals surface area contributed by atoms with Crippen LogP contribution in [0.3, 0.4) is 0 Å². The third kappa shape index (κ3) is 3.40. The maximum Gasteiger partial charge on any atom is 0.243 e. The number of hydrogen-bond acceptors (Lipinski definition) is 2. The van der Waals surface area contributed by atoms with E-state index in [9.17, 15) is 9.59 Å². The quantitative estimate of drug-likeness (QED) is 0.831. The van der Waals surface area contributed by atoms with Crippen molar-refractivity contribution in [1.29, 1.82) is 0 Å². The second-order valence-corrected chi connectivity index (χ2v) is 5.95. The van der Waals surface area contributed by atoms with Gasteiger partial charge in [-0.1, -0.05) is 25.1 Å². The summed E-state index contributed by atoms with van der Waals surface area (Å²) in [7, 11) is 0. The van der Waals surface area contributed by atoms with Gasteiger partial charge in [0.1, 0.15) is 0 Å². The van der Waals surface area contributed by atoms with E-state index in [-0.39, 0.29) is 23.8 Å². The zero-order chi connectivity index (χ0) is 16.9. The fourth-order valence-electron chi connectivity index (χ4n) is 3.21. The second-order valence-electron chi connectivity index (χ2n) is 5.95. The van der Waals surface area contributed by atoms with E-state index in [4.69, 9.17) is 0 Å². The van der Waals surface area contributed by atoms with Gasteiger partial charge in [-0.25, -0.2) is 0 Å². The number of carbonyl (C=O) groups excluding carboxylic acids is 2. The monoisotopic (exact) mass is 323 g/mol. The first-order valence-electron chi connectivity index (χ1n) is 8.15. The topological polar surface area (TPSA) is 63.1 Å². The van der Waals surface area contributed by atoms with Gasteiger partial charge in [-0.3, -0.25) is 9.59 Å². The van der Waals surface area contributed by atoms with Crippen molar-refractivity contribution in [3.05, 3.63) is 61.4 Å². The summed E-state index contributed by atoms with van der Waals surface area (Å²) in [6.07, 6.45) is 7.64. The summed E-state index contributed by atoms with van der Waals surface area (Å²) in [5, 5.41) is 5.89. The van der Waals surface area contributed by atoms with Crippen LogP contribution in [0.2, 0.25) is 0 Å². The normalized spacial score (nSPS) is 19.7. The molecule has 1 heterocycles. The molecule has 0 saturated heterocycles. The Balaban J connectivity index is 1.75. The van der Waals surface area contributed by atoms with E-state index in [0.29, 0.717) is 0 Å². The molecule has 24 heavy (non-hydrogen) atoms. The molecule has 2 atom stereocenters. The molecule has 5 nitrogen and oxygen atoms in total. The Hall–Kier alpha value is -2.82. The van der Waals surface area contributed by atoms with E-state index in [1.54, 1.807) is 0 Å². The summed E-state index contributed by atoms with van der Waals surface area (Å²) < 4.78 is 1.96. The number of carbonyl (C=O) groups is 2. The van der Waals surface area contributed by atoms with Crippen LogP contribution < -0.4 is 10.6 Å². The van der Waals surface area contributed by atoms with E-state index in [1.807, 2.05) is 53.4 Å². The number of hydrogen-bond donors (Lipinski definition) is 2. The molecule has 2 aromatic rings. The van der Waals surface area contributed by atoms with Crippen molar-refractivity contribution < 1.29 is 9.59 Å². The zero-order valence-electron chi connectivity index (χ0n) is 13.4. The Labute approximate surface area is 141 Å². The van der Waals surface area contributed by atoms with Gasteiger partial charge in [0.15, 0.2) is 0 Å². The molecule has 0 spiro atoms. The van der Waals surface area contributed by atoms with Gasteiger partial charge in [-0.2, -0.15) is 0 Å². The molecule has 0 bridgehead atoms. The lowest BCUT2D eigenvalue weighted by atomic mass is 10.0. The number of nitrogens with zero attached hydrogens (tertiary/aromatic N) is 1. The molecule has 3 rings (SSSR count). The van der Waals surface area contributed by atoms with Gasteiger partial charge in [0.25, 0.3) is 0 Å². The summed E-state index contributed by atoms with van der Waals surface area (Å²) >= 11 is 0. The van der Waals surface area contributed by atoms with Crippen LogP contribution in [0.1, 0.15) is 19.3 Å². The lowest BCUT2D eigenvalue weighted by Gasteiger charge is -2.21. The molecule has 0 aliphatic heterocycles. The number of benzene rings is 1. The molecule has 1 saturated carbocycles. The van der Waals surface area contributed by atoms with Crippen LogP contribution in [0.5, 0.6) is 0 Å². The van der Waals surface area contributed by atoms with Crippen molar-refractivity contribution in [2.75, 3.05) is 5.32 Å². The number of nitrogens with one attached hydrogen (secondary N) is 2. The SMILES string of the molecule is C=CC(=O)N[C@@H]1CCC[C@H]1C(=O)Nc1ccccc1-n1cccc1. The first kappa shape index (κ1) is 16.1. The molecular weight excluding hydrogens is 302 g/mol. The van der Waals surface area contributed by atoms with Gasteiger partial charge in [0.05, 0.1) is 17.3 Å². The molecule has 124 valence electrons. The van der Waals surface area contributed by atoms with Crippen molar-refractivity contribution in [1.82, 2.24) is 9.88 Å². The largest absolute Gasteiger partial charge is 0.349 e. The van der Waals surface area contributed by atoms with Crippen LogP contribution in [-0.2, 0) is 9.59 Å². The lowest BCUT2D eigenvalue weighted by Crippen LogP contribution is -2.41. The first-order valence-corrected chi connectivity index (χ1v) is 8.15. The molecular formula is C19H21N3O2. The van der Waals surface area contributed by atoms with Gasteiger partial charge in [-0.15, -0.1) is 0 Å². The van der Waals surface area contributed by atoms with Gasteiger partial charge in [0.2, 0.25) is 11.8 Å². The van der Waals surface area contributed by atoms with Crippen molar-refractivity contribution >= 4 is 17.5 Å². The van der Waals surface area contributed by atoms with E-state index in [0.717, 1.165) is 30.6 Å². The molecule has 1 aromatic heterocycles. The van der Waals surface area contributed by atoms with Gasteiger partial charge in [0, 0.05) is 18.4 Å². The van der Waals surface area contributed by atoms with Crippen molar-refractivity contribution in [2.45, 2.75) is 25.3 Å². The number of aromatic nitrogens is 1. The Morgan fingerprint density at radius 1 is 1.12 bits per heavy atom.